The lowest BCUT2D eigenvalue weighted by Gasteiger charge is -2.11. The van der Waals surface area contributed by atoms with Gasteiger partial charge in [-0.2, -0.15) is 0 Å². The Hall–Kier alpha value is -1.42. The molecule has 2 aromatic rings. The molecule has 0 bridgehead atoms. The maximum atomic E-state index is 12.5. The summed E-state index contributed by atoms with van der Waals surface area (Å²) in [5.74, 6) is 0.595. The standard InChI is InChI=1S/C15H11Cl3O3/c1-20-13-6-9(11(17)7-14(13)21-2)15(19)8-3-4-10(16)12(18)5-8/h3-7H,1-2H3. The van der Waals surface area contributed by atoms with Crippen molar-refractivity contribution in [2.75, 3.05) is 14.2 Å². The largest absolute Gasteiger partial charge is 0.493 e. The van der Waals surface area contributed by atoms with Crippen LogP contribution in [-0.4, -0.2) is 20.0 Å². The van der Waals surface area contributed by atoms with Crippen molar-refractivity contribution in [1.82, 2.24) is 0 Å². The summed E-state index contributed by atoms with van der Waals surface area (Å²) < 4.78 is 10.3. The van der Waals surface area contributed by atoms with Gasteiger partial charge in [-0.25, -0.2) is 0 Å². The van der Waals surface area contributed by atoms with Gasteiger partial charge in [0.2, 0.25) is 0 Å². The lowest BCUT2D eigenvalue weighted by atomic mass is 10.0. The Morgan fingerprint density at radius 3 is 2.05 bits per heavy atom. The second-order valence-corrected chi connectivity index (χ2v) is 5.37. The Morgan fingerprint density at radius 2 is 1.48 bits per heavy atom. The molecule has 21 heavy (non-hydrogen) atoms. The van der Waals surface area contributed by atoms with E-state index in [1.807, 2.05) is 0 Å². The van der Waals surface area contributed by atoms with E-state index in [-0.39, 0.29) is 10.8 Å². The summed E-state index contributed by atoms with van der Waals surface area (Å²) in [6.07, 6.45) is 0. The fourth-order valence-electron chi connectivity index (χ4n) is 1.82. The number of benzene rings is 2. The topological polar surface area (TPSA) is 35.5 Å². The van der Waals surface area contributed by atoms with E-state index < -0.39 is 0 Å². The molecule has 0 spiro atoms. The zero-order chi connectivity index (χ0) is 15.6. The van der Waals surface area contributed by atoms with Crippen molar-refractivity contribution in [3.8, 4) is 11.5 Å². The number of ketones is 1. The number of hydrogen-bond donors (Lipinski definition) is 0. The molecule has 0 saturated heterocycles. The van der Waals surface area contributed by atoms with Crippen molar-refractivity contribution < 1.29 is 14.3 Å². The molecule has 0 heterocycles. The first-order valence-electron chi connectivity index (χ1n) is 5.89. The zero-order valence-corrected chi connectivity index (χ0v) is 13.5. The van der Waals surface area contributed by atoms with Crippen LogP contribution in [0.2, 0.25) is 15.1 Å². The van der Waals surface area contributed by atoms with Gasteiger partial charge < -0.3 is 9.47 Å². The average Bonchev–Trinajstić information content (AvgIpc) is 2.49. The van der Waals surface area contributed by atoms with Crippen LogP contribution in [0.4, 0.5) is 0 Å². The number of halogens is 3. The minimum Gasteiger partial charge on any atom is -0.493 e. The second-order valence-electron chi connectivity index (χ2n) is 4.15. The summed E-state index contributed by atoms with van der Waals surface area (Å²) in [5.41, 5.74) is 0.686. The summed E-state index contributed by atoms with van der Waals surface area (Å²) in [6, 6.07) is 7.71. The van der Waals surface area contributed by atoms with Crippen molar-refractivity contribution in [1.29, 1.82) is 0 Å². The molecule has 0 aliphatic rings. The molecule has 0 aliphatic carbocycles. The maximum Gasteiger partial charge on any atom is 0.194 e. The van der Waals surface area contributed by atoms with Crippen molar-refractivity contribution in [3.63, 3.8) is 0 Å². The number of rotatable bonds is 4. The van der Waals surface area contributed by atoms with Crippen LogP contribution in [0.3, 0.4) is 0 Å². The van der Waals surface area contributed by atoms with Gasteiger partial charge in [-0.3, -0.25) is 4.79 Å². The number of carbonyl (C=O) groups is 1. The van der Waals surface area contributed by atoms with Gasteiger partial charge >= 0.3 is 0 Å². The minimum absolute atomic E-state index is 0.267. The number of methoxy groups -OCH3 is 2. The molecule has 0 aliphatic heterocycles. The summed E-state index contributed by atoms with van der Waals surface area (Å²) in [5, 5.41) is 0.953. The highest BCUT2D eigenvalue weighted by molar-refractivity contribution is 6.42. The summed E-state index contributed by atoms with van der Waals surface area (Å²) in [7, 11) is 2.98. The van der Waals surface area contributed by atoms with Crippen LogP contribution >= 0.6 is 34.8 Å². The average molecular weight is 346 g/mol. The summed E-state index contributed by atoms with van der Waals surface area (Å²) in [6.45, 7) is 0. The van der Waals surface area contributed by atoms with E-state index in [1.165, 1.54) is 32.4 Å². The van der Waals surface area contributed by atoms with Crippen LogP contribution in [0.25, 0.3) is 0 Å². The predicted octanol–water partition coefficient (Wildman–Crippen LogP) is 4.90. The Morgan fingerprint density at radius 1 is 0.857 bits per heavy atom. The third-order valence-electron chi connectivity index (χ3n) is 2.90. The summed E-state index contributed by atoms with van der Waals surface area (Å²) in [4.78, 5) is 12.5. The van der Waals surface area contributed by atoms with Gasteiger partial charge in [0.15, 0.2) is 17.3 Å². The molecule has 0 amide bonds. The molecule has 0 saturated carbocycles. The molecule has 0 unspecified atom stereocenters. The molecule has 0 N–H and O–H groups in total. The number of hydrogen-bond acceptors (Lipinski definition) is 3. The molecule has 0 atom stereocenters. The van der Waals surface area contributed by atoms with Gasteiger partial charge in [0.05, 0.1) is 29.3 Å². The van der Waals surface area contributed by atoms with Crippen molar-refractivity contribution >= 4 is 40.6 Å². The minimum atomic E-state index is -0.278. The smallest absolute Gasteiger partial charge is 0.194 e. The highest BCUT2D eigenvalue weighted by Gasteiger charge is 2.18. The zero-order valence-electron chi connectivity index (χ0n) is 11.2. The highest BCUT2D eigenvalue weighted by atomic mass is 35.5. The molecule has 2 aromatic carbocycles. The van der Waals surface area contributed by atoms with E-state index in [9.17, 15) is 4.79 Å². The third-order valence-corrected chi connectivity index (χ3v) is 3.95. The first-order chi connectivity index (χ1) is 9.97. The van der Waals surface area contributed by atoms with Crippen LogP contribution in [0.15, 0.2) is 30.3 Å². The monoisotopic (exact) mass is 344 g/mol. The molecule has 0 fully saturated rings. The summed E-state index contributed by atoms with van der Waals surface area (Å²) >= 11 is 17.9. The lowest BCUT2D eigenvalue weighted by Crippen LogP contribution is -2.04. The van der Waals surface area contributed by atoms with Crippen molar-refractivity contribution in [2.45, 2.75) is 0 Å². The Bertz CT molecular complexity index is 699. The predicted molar refractivity (Wildman–Crippen MR) is 84.5 cm³/mol. The van der Waals surface area contributed by atoms with Crippen LogP contribution in [0, 0.1) is 0 Å². The SMILES string of the molecule is COc1cc(Cl)c(C(=O)c2ccc(Cl)c(Cl)c2)cc1OC. The molecule has 6 heteroatoms. The van der Waals surface area contributed by atoms with E-state index in [0.29, 0.717) is 32.7 Å². The first-order valence-corrected chi connectivity index (χ1v) is 7.02. The van der Waals surface area contributed by atoms with Crippen molar-refractivity contribution in [2.24, 2.45) is 0 Å². The Labute approximate surface area is 137 Å². The fraction of sp³-hybridized carbons (Fsp3) is 0.133. The number of carbonyl (C=O) groups excluding carboxylic acids is 1. The number of ether oxygens (including phenoxy) is 2. The molecule has 0 radical (unpaired) electrons. The van der Waals surface area contributed by atoms with Gasteiger partial charge in [0.25, 0.3) is 0 Å². The lowest BCUT2D eigenvalue weighted by molar-refractivity contribution is 0.103. The Kier molecular flexibility index (Phi) is 4.99. The van der Waals surface area contributed by atoms with Crippen molar-refractivity contribution in [3.05, 3.63) is 56.5 Å². The van der Waals surface area contributed by atoms with E-state index in [0.717, 1.165) is 0 Å². The van der Waals surface area contributed by atoms with Gasteiger partial charge in [-0.15, -0.1) is 0 Å². The molecule has 3 nitrogen and oxygen atoms in total. The van der Waals surface area contributed by atoms with Crippen LogP contribution in [0.1, 0.15) is 15.9 Å². The van der Waals surface area contributed by atoms with E-state index >= 15 is 0 Å². The molecular formula is C15H11Cl3O3. The third kappa shape index (κ3) is 3.26. The van der Waals surface area contributed by atoms with Gasteiger partial charge in [-0.1, -0.05) is 34.8 Å². The van der Waals surface area contributed by atoms with E-state index in [1.54, 1.807) is 12.1 Å². The van der Waals surface area contributed by atoms with Crippen LogP contribution < -0.4 is 9.47 Å². The van der Waals surface area contributed by atoms with Gasteiger partial charge in [-0.05, 0) is 24.3 Å². The highest BCUT2D eigenvalue weighted by Crippen LogP contribution is 2.34. The molecule has 2 rings (SSSR count). The fourth-order valence-corrected chi connectivity index (χ4v) is 2.36. The Balaban J connectivity index is 2.50. The van der Waals surface area contributed by atoms with Crippen LogP contribution in [-0.2, 0) is 0 Å². The maximum absolute atomic E-state index is 12.5. The van der Waals surface area contributed by atoms with E-state index in [4.69, 9.17) is 44.3 Å². The van der Waals surface area contributed by atoms with Crippen LogP contribution in [0.5, 0.6) is 11.5 Å². The second kappa shape index (κ2) is 6.56. The van der Waals surface area contributed by atoms with Gasteiger partial charge in [0.1, 0.15) is 0 Å². The molecule has 0 aromatic heterocycles. The van der Waals surface area contributed by atoms with E-state index in [2.05, 4.69) is 0 Å². The quantitative estimate of drug-likeness (QED) is 0.740. The van der Waals surface area contributed by atoms with Gasteiger partial charge in [0, 0.05) is 17.2 Å². The normalized spacial score (nSPS) is 10.3. The first kappa shape index (κ1) is 16.0. The molecule has 110 valence electrons. The molecular weight excluding hydrogens is 335 g/mol.